The fraction of sp³-hybridized carbons (Fsp3) is 0.786. The highest BCUT2D eigenvalue weighted by molar-refractivity contribution is 5.11. The van der Waals surface area contributed by atoms with Gasteiger partial charge in [0.1, 0.15) is 0 Å². The van der Waals surface area contributed by atoms with Crippen molar-refractivity contribution in [2.75, 3.05) is 6.54 Å². The molecule has 1 aromatic heterocycles. The molecule has 1 saturated heterocycles. The topological polar surface area (TPSA) is 47.1 Å². The standard InChI is InChI=1S/C14H26N4/c1-14(2,3)18-8-6-5-7-11(15)13(18)12-9-16-10-17(12)4/h9-11,13H,5-8,15H2,1-4H3. The smallest absolute Gasteiger partial charge is 0.0946 e. The second-order valence-corrected chi connectivity index (χ2v) is 6.40. The third kappa shape index (κ3) is 2.59. The highest BCUT2D eigenvalue weighted by Crippen LogP contribution is 2.34. The summed E-state index contributed by atoms with van der Waals surface area (Å²) in [6, 6.07) is 0.474. The van der Waals surface area contributed by atoms with E-state index in [2.05, 4.69) is 42.3 Å². The van der Waals surface area contributed by atoms with Crippen LogP contribution in [0.5, 0.6) is 0 Å². The van der Waals surface area contributed by atoms with E-state index in [0.29, 0.717) is 0 Å². The normalized spacial score (nSPS) is 27.2. The van der Waals surface area contributed by atoms with E-state index in [1.807, 2.05) is 12.5 Å². The zero-order valence-corrected chi connectivity index (χ0v) is 12.1. The molecule has 0 aromatic carbocycles. The van der Waals surface area contributed by atoms with Crippen molar-refractivity contribution in [3.05, 3.63) is 18.2 Å². The van der Waals surface area contributed by atoms with Crippen LogP contribution in [0.3, 0.4) is 0 Å². The highest BCUT2D eigenvalue weighted by Gasteiger charge is 2.36. The first-order valence-electron chi connectivity index (χ1n) is 6.90. The molecule has 4 nitrogen and oxygen atoms in total. The van der Waals surface area contributed by atoms with Gasteiger partial charge < -0.3 is 10.3 Å². The number of nitrogens with zero attached hydrogens (tertiary/aromatic N) is 3. The van der Waals surface area contributed by atoms with Crippen molar-refractivity contribution in [2.24, 2.45) is 12.8 Å². The summed E-state index contributed by atoms with van der Waals surface area (Å²) in [4.78, 5) is 6.80. The SMILES string of the molecule is Cn1cncc1C1C(N)CCCCN1C(C)(C)C. The molecule has 1 aliphatic heterocycles. The summed E-state index contributed by atoms with van der Waals surface area (Å²) in [5.41, 5.74) is 7.81. The molecule has 2 rings (SSSR count). The van der Waals surface area contributed by atoms with Crippen LogP contribution in [0, 0.1) is 0 Å². The summed E-state index contributed by atoms with van der Waals surface area (Å²) in [5, 5.41) is 0. The van der Waals surface area contributed by atoms with Gasteiger partial charge in [0.2, 0.25) is 0 Å². The van der Waals surface area contributed by atoms with Crippen molar-refractivity contribution >= 4 is 0 Å². The molecular formula is C14H26N4. The van der Waals surface area contributed by atoms with Crippen LogP contribution in [0.2, 0.25) is 0 Å². The van der Waals surface area contributed by atoms with Crippen molar-refractivity contribution in [1.82, 2.24) is 14.5 Å². The summed E-state index contributed by atoms with van der Waals surface area (Å²) >= 11 is 0. The number of hydrogen-bond donors (Lipinski definition) is 1. The molecule has 0 spiro atoms. The van der Waals surface area contributed by atoms with Crippen LogP contribution >= 0.6 is 0 Å². The van der Waals surface area contributed by atoms with E-state index in [1.165, 1.54) is 18.5 Å². The molecule has 0 saturated carbocycles. The summed E-state index contributed by atoms with van der Waals surface area (Å²) < 4.78 is 2.11. The number of aryl methyl sites for hydroxylation is 1. The number of hydrogen-bond acceptors (Lipinski definition) is 3. The lowest BCUT2D eigenvalue weighted by Gasteiger charge is -2.42. The van der Waals surface area contributed by atoms with Crippen LogP contribution in [-0.2, 0) is 7.05 Å². The fourth-order valence-corrected chi connectivity index (χ4v) is 2.97. The van der Waals surface area contributed by atoms with Gasteiger partial charge in [-0.3, -0.25) is 4.90 Å². The fourth-order valence-electron chi connectivity index (χ4n) is 2.97. The molecule has 4 heteroatoms. The maximum absolute atomic E-state index is 6.44. The van der Waals surface area contributed by atoms with Crippen LogP contribution in [0.15, 0.2) is 12.5 Å². The Kier molecular flexibility index (Phi) is 3.78. The van der Waals surface area contributed by atoms with Gasteiger partial charge >= 0.3 is 0 Å². The van der Waals surface area contributed by atoms with Gasteiger partial charge in [0.05, 0.1) is 18.1 Å². The minimum absolute atomic E-state index is 0.136. The van der Waals surface area contributed by atoms with Crippen molar-refractivity contribution in [3.63, 3.8) is 0 Å². The Labute approximate surface area is 110 Å². The molecule has 0 radical (unpaired) electrons. The first-order valence-corrected chi connectivity index (χ1v) is 6.90. The van der Waals surface area contributed by atoms with Crippen LogP contribution in [-0.4, -0.2) is 32.6 Å². The number of imidazole rings is 1. The first kappa shape index (κ1) is 13.6. The van der Waals surface area contributed by atoms with E-state index >= 15 is 0 Å². The lowest BCUT2D eigenvalue weighted by atomic mass is 9.96. The molecule has 0 bridgehead atoms. The Morgan fingerprint density at radius 3 is 2.61 bits per heavy atom. The monoisotopic (exact) mass is 250 g/mol. The number of nitrogens with two attached hydrogens (primary N) is 1. The molecule has 1 aliphatic rings. The van der Waals surface area contributed by atoms with Gasteiger partial charge in [-0.15, -0.1) is 0 Å². The third-order valence-corrected chi connectivity index (χ3v) is 3.95. The molecule has 2 heterocycles. The van der Waals surface area contributed by atoms with Gasteiger partial charge in [0.15, 0.2) is 0 Å². The molecular weight excluding hydrogens is 224 g/mol. The van der Waals surface area contributed by atoms with Crippen molar-refractivity contribution in [3.8, 4) is 0 Å². The van der Waals surface area contributed by atoms with E-state index in [1.54, 1.807) is 0 Å². The van der Waals surface area contributed by atoms with Gasteiger partial charge in [-0.05, 0) is 40.2 Å². The molecule has 0 aliphatic carbocycles. The summed E-state index contributed by atoms with van der Waals surface area (Å²) in [6.45, 7) is 7.93. The van der Waals surface area contributed by atoms with E-state index < -0.39 is 0 Å². The van der Waals surface area contributed by atoms with E-state index in [4.69, 9.17) is 5.73 Å². The minimum atomic E-state index is 0.136. The lowest BCUT2D eigenvalue weighted by molar-refractivity contribution is 0.0717. The Morgan fingerprint density at radius 1 is 1.33 bits per heavy atom. The minimum Gasteiger partial charge on any atom is -0.336 e. The Bertz CT molecular complexity index is 391. The maximum Gasteiger partial charge on any atom is 0.0946 e. The van der Waals surface area contributed by atoms with Crippen molar-refractivity contribution < 1.29 is 0 Å². The molecule has 102 valence electrons. The van der Waals surface area contributed by atoms with Gasteiger partial charge in [-0.1, -0.05) is 6.42 Å². The van der Waals surface area contributed by atoms with Gasteiger partial charge in [-0.25, -0.2) is 4.98 Å². The van der Waals surface area contributed by atoms with Crippen LogP contribution in [0.4, 0.5) is 0 Å². The van der Waals surface area contributed by atoms with E-state index in [0.717, 1.165) is 13.0 Å². The first-order chi connectivity index (χ1) is 8.41. The van der Waals surface area contributed by atoms with Gasteiger partial charge in [-0.2, -0.15) is 0 Å². The molecule has 2 atom stereocenters. The Hall–Kier alpha value is -0.870. The molecule has 2 unspecified atom stereocenters. The summed E-state index contributed by atoms with van der Waals surface area (Å²) in [7, 11) is 2.06. The quantitative estimate of drug-likeness (QED) is 0.830. The Morgan fingerprint density at radius 2 is 2.06 bits per heavy atom. The number of rotatable bonds is 1. The van der Waals surface area contributed by atoms with Crippen LogP contribution < -0.4 is 5.73 Å². The second kappa shape index (κ2) is 5.02. The average Bonchev–Trinajstić information content (AvgIpc) is 2.56. The Balaban J connectivity index is 2.38. The van der Waals surface area contributed by atoms with Crippen molar-refractivity contribution in [1.29, 1.82) is 0 Å². The third-order valence-electron chi connectivity index (χ3n) is 3.95. The zero-order valence-electron chi connectivity index (χ0n) is 12.1. The summed E-state index contributed by atoms with van der Waals surface area (Å²) in [5.74, 6) is 0. The lowest BCUT2D eigenvalue weighted by Crippen LogP contribution is -2.49. The van der Waals surface area contributed by atoms with Crippen molar-refractivity contribution in [2.45, 2.75) is 57.7 Å². The molecule has 18 heavy (non-hydrogen) atoms. The van der Waals surface area contributed by atoms with Crippen LogP contribution in [0.1, 0.15) is 51.8 Å². The highest BCUT2D eigenvalue weighted by atomic mass is 15.3. The molecule has 2 N–H and O–H groups in total. The van der Waals surface area contributed by atoms with E-state index in [-0.39, 0.29) is 17.6 Å². The maximum atomic E-state index is 6.44. The molecule has 1 aromatic rings. The van der Waals surface area contributed by atoms with Gasteiger partial charge in [0, 0.05) is 24.8 Å². The van der Waals surface area contributed by atoms with E-state index in [9.17, 15) is 0 Å². The zero-order chi connectivity index (χ0) is 13.3. The molecule has 0 amide bonds. The average molecular weight is 250 g/mol. The predicted octanol–water partition coefficient (Wildman–Crippen LogP) is 2.07. The van der Waals surface area contributed by atoms with Crippen LogP contribution in [0.25, 0.3) is 0 Å². The largest absolute Gasteiger partial charge is 0.336 e. The van der Waals surface area contributed by atoms with Gasteiger partial charge in [0.25, 0.3) is 0 Å². The number of likely N-dealkylation sites (tertiary alicyclic amines) is 1. The summed E-state index contributed by atoms with van der Waals surface area (Å²) in [6.07, 6.45) is 7.40. The second-order valence-electron chi connectivity index (χ2n) is 6.40. The number of aromatic nitrogens is 2. The predicted molar refractivity (Wildman–Crippen MR) is 74.2 cm³/mol. The molecule has 1 fully saturated rings.